The fourth-order valence-corrected chi connectivity index (χ4v) is 3.74. The van der Waals surface area contributed by atoms with Crippen LogP contribution in [0.5, 0.6) is 11.5 Å². The van der Waals surface area contributed by atoms with Gasteiger partial charge in [-0.05, 0) is 37.0 Å². The molecule has 0 aromatic heterocycles. The van der Waals surface area contributed by atoms with Crippen molar-refractivity contribution in [2.75, 3.05) is 13.7 Å². The summed E-state index contributed by atoms with van der Waals surface area (Å²) in [6, 6.07) is 3.89. The standard InChI is InChI=1S/C16H20BrClO3/c1-19-14-8-11(10-17)7-13(18)15(14)21-12-3-6-20-16(9-12)4-2-5-16/h7-8,12H,2-6,9-10H2,1H3. The second-order valence-electron chi connectivity index (χ2n) is 5.86. The Kier molecular flexibility index (Phi) is 4.67. The van der Waals surface area contributed by atoms with Gasteiger partial charge in [-0.15, -0.1) is 0 Å². The lowest BCUT2D eigenvalue weighted by molar-refractivity contribution is -0.153. The Morgan fingerprint density at radius 2 is 2.24 bits per heavy atom. The van der Waals surface area contributed by atoms with E-state index in [1.807, 2.05) is 12.1 Å². The van der Waals surface area contributed by atoms with Crippen LogP contribution in [-0.2, 0) is 10.1 Å². The molecule has 2 fully saturated rings. The van der Waals surface area contributed by atoms with Gasteiger partial charge in [-0.2, -0.15) is 0 Å². The molecule has 1 unspecified atom stereocenters. The zero-order valence-electron chi connectivity index (χ0n) is 12.2. The molecule has 1 aliphatic carbocycles. The van der Waals surface area contributed by atoms with E-state index in [0.29, 0.717) is 16.5 Å². The van der Waals surface area contributed by atoms with E-state index < -0.39 is 0 Å². The van der Waals surface area contributed by atoms with E-state index in [4.69, 9.17) is 25.8 Å². The third-order valence-electron chi connectivity index (χ3n) is 4.44. The zero-order valence-corrected chi connectivity index (χ0v) is 14.5. The fraction of sp³-hybridized carbons (Fsp3) is 0.625. The molecule has 1 atom stereocenters. The summed E-state index contributed by atoms with van der Waals surface area (Å²) in [6.07, 6.45) is 5.58. The van der Waals surface area contributed by atoms with Gasteiger partial charge in [0.2, 0.25) is 0 Å². The van der Waals surface area contributed by atoms with Gasteiger partial charge in [-0.3, -0.25) is 0 Å². The van der Waals surface area contributed by atoms with Gasteiger partial charge in [-0.1, -0.05) is 27.5 Å². The van der Waals surface area contributed by atoms with E-state index in [0.717, 1.165) is 43.2 Å². The molecule has 1 aliphatic heterocycles. The summed E-state index contributed by atoms with van der Waals surface area (Å²) in [6.45, 7) is 0.768. The van der Waals surface area contributed by atoms with E-state index in [9.17, 15) is 0 Å². The predicted molar refractivity (Wildman–Crippen MR) is 86.8 cm³/mol. The highest BCUT2D eigenvalue weighted by molar-refractivity contribution is 9.08. The van der Waals surface area contributed by atoms with Gasteiger partial charge < -0.3 is 14.2 Å². The van der Waals surface area contributed by atoms with E-state index in [2.05, 4.69) is 15.9 Å². The minimum absolute atomic E-state index is 0.0679. The smallest absolute Gasteiger partial charge is 0.180 e. The maximum Gasteiger partial charge on any atom is 0.180 e. The first-order valence-electron chi connectivity index (χ1n) is 7.39. The average Bonchev–Trinajstić information content (AvgIpc) is 2.47. The number of rotatable bonds is 4. The number of benzene rings is 1. The summed E-state index contributed by atoms with van der Waals surface area (Å²) < 4.78 is 17.6. The molecule has 1 heterocycles. The summed E-state index contributed by atoms with van der Waals surface area (Å²) in [5.74, 6) is 1.36. The fourth-order valence-electron chi connectivity index (χ4n) is 3.13. The lowest BCUT2D eigenvalue weighted by atomic mass is 9.74. The normalized spacial score (nSPS) is 23.7. The van der Waals surface area contributed by atoms with Crippen molar-refractivity contribution >= 4 is 27.5 Å². The molecule has 0 amide bonds. The van der Waals surface area contributed by atoms with Gasteiger partial charge in [0.1, 0.15) is 6.10 Å². The minimum atomic E-state index is 0.0679. The first-order chi connectivity index (χ1) is 10.2. The van der Waals surface area contributed by atoms with Gasteiger partial charge in [0.25, 0.3) is 0 Å². The van der Waals surface area contributed by atoms with Crippen molar-refractivity contribution in [2.24, 2.45) is 0 Å². The SMILES string of the molecule is COc1cc(CBr)cc(Cl)c1OC1CCOC2(CCC2)C1. The van der Waals surface area contributed by atoms with Crippen LogP contribution in [0.25, 0.3) is 0 Å². The van der Waals surface area contributed by atoms with Crippen LogP contribution >= 0.6 is 27.5 Å². The van der Waals surface area contributed by atoms with Crippen LogP contribution < -0.4 is 9.47 Å². The predicted octanol–water partition coefficient (Wildman–Crippen LogP) is 4.72. The second-order valence-corrected chi connectivity index (χ2v) is 6.83. The Morgan fingerprint density at radius 1 is 1.43 bits per heavy atom. The molecule has 0 N–H and O–H groups in total. The summed E-state index contributed by atoms with van der Waals surface area (Å²) in [4.78, 5) is 0. The minimum Gasteiger partial charge on any atom is -0.493 e. The summed E-state index contributed by atoms with van der Waals surface area (Å²) in [5, 5.41) is 1.35. The second kappa shape index (κ2) is 6.35. The third kappa shape index (κ3) is 3.17. The number of methoxy groups -OCH3 is 1. The zero-order chi connectivity index (χ0) is 14.9. The number of halogens is 2. The highest BCUT2D eigenvalue weighted by Crippen LogP contribution is 2.45. The molecule has 1 saturated carbocycles. The molecule has 1 spiro atoms. The number of hydrogen-bond donors (Lipinski definition) is 0. The molecule has 3 nitrogen and oxygen atoms in total. The van der Waals surface area contributed by atoms with E-state index >= 15 is 0 Å². The topological polar surface area (TPSA) is 27.7 Å². The molecule has 21 heavy (non-hydrogen) atoms. The first kappa shape index (κ1) is 15.4. The molecule has 1 aromatic carbocycles. The Balaban J connectivity index is 1.77. The van der Waals surface area contributed by atoms with Crippen molar-refractivity contribution in [2.45, 2.75) is 49.1 Å². The van der Waals surface area contributed by atoms with Crippen LogP contribution in [0, 0.1) is 0 Å². The van der Waals surface area contributed by atoms with E-state index in [1.165, 1.54) is 6.42 Å². The van der Waals surface area contributed by atoms with Gasteiger partial charge >= 0.3 is 0 Å². The van der Waals surface area contributed by atoms with Crippen molar-refractivity contribution in [3.8, 4) is 11.5 Å². The molecule has 0 radical (unpaired) electrons. The Bertz CT molecular complexity index is 516. The highest BCUT2D eigenvalue weighted by Gasteiger charge is 2.43. The van der Waals surface area contributed by atoms with E-state index in [-0.39, 0.29) is 11.7 Å². The van der Waals surface area contributed by atoms with Gasteiger partial charge in [0.05, 0.1) is 24.3 Å². The van der Waals surface area contributed by atoms with Crippen molar-refractivity contribution in [1.82, 2.24) is 0 Å². The largest absolute Gasteiger partial charge is 0.493 e. The summed E-state index contributed by atoms with van der Waals surface area (Å²) in [5.41, 5.74) is 1.14. The van der Waals surface area contributed by atoms with Crippen LogP contribution in [0.15, 0.2) is 12.1 Å². The molecule has 1 saturated heterocycles. The number of hydrogen-bond acceptors (Lipinski definition) is 3. The summed E-state index contributed by atoms with van der Waals surface area (Å²) >= 11 is 9.81. The Labute approximate surface area is 139 Å². The average molecular weight is 376 g/mol. The van der Waals surface area contributed by atoms with Crippen LogP contribution in [-0.4, -0.2) is 25.4 Å². The van der Waals surface area contributed by atoms with Crippen molar-refractivity contribution in [3.05, 3.63) is 22.7 Å². The molecule has 3 rings (SSSR count). The van der Waals surface area contributed by atoms with E-state index in [1.54, 1.807) is 7.11 Å². The maximum absolute atomic E-state index is 6.37. The lowest BCUT2D eigenvalue weighted by Gasteiger charge is -2.47. The van der Waals surface area contributed by atoms with Gasteiger partial charge in [0.15, 0.2) is 11.5 Å². The van der Waals surface area contributed by atoms with Crippen molar-refractivity contribution in [3.63, 3.8) is 0 Å². The monoisotopic (exact) mass is 374 g/mol. The van der Waals surface area contributed by atoms with Crippen molar-refractivity contribution < 1.29 is 14.2 Å². The Morgan fingerprint density at radius 3 is 2.86 bits per heavy atom. The molecule has 116 valence electrons. The van der Waals surface area contributed by atoms with Crippen LogP contribution in [0.3, 0.4) is 0 Å². The van der Waals surface area contributed by atoms with Gasteiger partial charge in [0, 0.05) is 18.2 Å². The Hall–Kier alpha value is -0.450. The lowest BCUT2D eigenvalue weighted by Crippen LogP contribution is -2.48. The van der Waals surface area contributed by atoms with Crippen LogP contribution in [0.1, 0.15) is 37.7 Å². The third-order valence-corrected chi connectivity index (χ3v) is 5.37. The number of alkyl halides is 1. The van der Waals surface area contributed by atoms with Crippen LogP contribution in [0.4, 0.5) is 0 Å². The molecular weight excluding hydrogens is 356 g/mol. The molecular formula is C16H20BrClO3. The number of ether oxygens (including phenoxy) is 3. The molecule has 2 aliphatic rings. The van der Waals surface area contributed by atoms with Gasteiger partial charge in [-0.25, -0.2) is 0 Å². The van der Waals surface area contributed by atoms with Crippen molar-refractivity contribution in [1.29, 1.82) is 0 Å². The van der Waals surface area contributed by atoms with Crippen LogP contribution in [0.2, 0.25) is 5.02 Å². The highest BCUT2D eigenvalue weighted by atomic mass is 79.9. The maximum atomic E-state index is 6.37. The first-order valence-corrected chi connectivity index (χ1v) is 8.89. The molecule has 5 heteroatoms. The summed E-state index contributed by atoms with van der Waals surface area (Å²) in [7, 11) is 1.65. The molecule has 1 aromatic rings. The quantitative estimate of drug-likeness (QED) is 0.712. The molecule has 0 bridgehead atoms.